The van der Waals surface area contributed by atoms with Crippen molar-refractivity contribution in [1.29, 1.82) is 0 Å². The number of nitro benzene ring substituents is 1. The van der Waals surface area contributed by atoms with Crippen LogP contribution in [0.3, 0.4) is 0 Å². The molecule has 0 aliphatic heterocycles. The van der Waals surface area contributed by atoms with E-state index in [9.17, 15) is 14.9 Å². The number of nitrogens with one attached hydrogen (secondary N) is 1. The van der Waals surface area contributed by atoms with Gasteiger partial charge in [-0.25, -0.2) is 4.68 Å². The lowest BCUT2D eigenvalue weighted by molar-refractivity contribution is -0.384. The summed E-state index contributed by atoms with van der Waals surface area (Å²) in [5.74, 6) is -0.0962. The normalized spacial score (nSPS) is 10.7. The first-order valence-corrected chi connectivity index (χ1v) is 9.83. The molecular formula is C21H17ClN6O4. The quantitative estimate of drug-likeness (QED) is 0.319. The van der Waals surface area contributed by atoms with Gasteiger partial charge in [0, 0.05) is 36.4 Å². The summed E-state index contributed by atoms with van der Waals surface area (Å²) < 4.78 is 8.75. The first-order valence-electron chi connectivity index (χ1n) is 9.46. The molecule has 0 aliphatic carbocycles. The second-order valence-corrected chi connectivity index (χ2v) is 7.15. The summed E-state index contributed by atoms with van der Waals surface area (Å²) in [6.07, 6.45) is 5.16. The molecule has 0 spiro atoms. The molecule has 0 radical (unpaired) electrons. The highest BCUT2D eigenvalue weighted by Gasteiger charge is 2.13. The Labute approximate surface area is 187 Å². The number of non-ortho nitro benzene ring substituents is 1. The highest BCUT2D eigenvalue weighted by Crippen LogP contribution is 2.28. The van der Waals surface area contributed by atoms with Crippen LogP contribution in [0.1, 0.15) is 16.1 Å². The Balaban J connectivity index is 1.36. The summed E-state index contributed by atoms with van der Waals surface area (Å²) in [5.41, 5.74) is 1.71. The van der Waals surface area contributed by atoms with Gasteiger partial charge in [0.1, 0.15) is 5.75 Å². The van der Waals surface area contributed by atoms with Gasteiger partial charge in [0.2, 0.25) is 0 Å². The van der Waals surface area contributed by atoms with E-state index < -0.39 is 4.92 Å². The van der Waals surface area contributed by atoms with E-state index in [0.29, 0.717) is 12.2 Å². The second-order valence-electron chi connectivity index (χ2n) is 6.74. The van der Waals surface area contributed by atoms with Gasteiger partial charge in [-0.05, 0) is 35.9 Å². The van der Waals surface area contributed by atoms with Crippen LogP contribution in [-0.4, -0.2) is 30.4 Å². The van der Waals surface area contributed by atoms with Crippen LogP contribution in [-0.2, 0) is 13.3 Å². The third-order valence-corrected chi connectivity index (χ3v) is 4.74. The molecule has 162 valence electrons. The van der Waals surface area contributed by atoms with E-state index >= 15 is 0 Å². The fraction of sp³-hybridized carbons (Fsp3) is 0.0952. The lowest BCUT2D eigenvalue weighted by Gasteiger charge is -2.08. The van der Waals surface area contributed by atoms with Crippen molar-refractivity contribution in [2.75, 3.05) is 5.32 Å². The van der Waals surface area contributed by atoms with Crippen molar-refractivity contribution in [1.82, 2.24) is 19.6 Å². The highest BCUT2D eigenvalue weighted by atomic mass is 35.5. The zero-order valence-corrected chi connectivity index (χ0v) is 17.3. The number of hydrogen-bond donors (Lipinski definition) is 1. The van der Waals surface area contributed by atoms with Crippen LogP contribution in [0.15, 0.2) is 73.2 Å². The third kappa shape index (κ3) is 5.10. The van der Waals surface area contributed by atoms with Crippen molar-refractivity contribution >= 4 is 28.9 Å². The molecule has 11 heteroatoms. The summed E-state index contributed by atoms with van der Waals surface area (Å²) in [6.45, 7) is 0.568. The van der Waals surface area contributed by atoms with Crippen LogP contribution in [0.2, 0.25) is 5.02 Å². The molecule has 0 fully saturated rings. The van der Waals surface area contributed by atoms with Crippen LogP contribution in [0.4, 0.5) is 11.4 Å². The number of halogens is 1. The molecule has 0 aliphatic rings. The SMILES string of the molecule is O=C(Nc1cccc(Cn2cccn2)c1)c1ccn(COc2ccc([N+](=O)[O-])cc2Cl)n1. The fourth-order valence-corrected chi connectivity index (χ4v) is 3.16. The van der Waals surface area contributed by atoms with Gasteiger partial charge in [-0.2, -0.15) is 10.2 Å². The van der Waals surface area contributed by atoms with Crippen LogP contribution < -0.4 is 10.1 Å². The molecule has 0 saturated carbocycles. The fourth-order valence-electron chi connectivity index (χ4n) is 2.93. The standard InChI is InChI=1S/C21H17ClN6O4/c22-18-12-17(28(30)31)5-6-20(18)32-14-27-10-7-19(25-27)21(29)24-16-4-1-3-15(11-16)13-26-9-2-8-23-26/h1-12H,13-14H2,(H,24,29). The van der Waals surface area contributed by atoms with Crippen LogP contribution in [0.5, 0.6) is 5.75 Å². The summed E-state index contributed by atoms with van der Waals surface area (Å²) in [4.78, 5) is 22.8. The molecule has 2 heterocycles. The van der Waals surface area contributed by atoms with Crippen LogP contribution in [0, 0.1) is 10.1 Å². The van der Waals surface area contributed by atoms with Crippen LogP contribution >= 0.6 is 11.6 Å². The molecule has 0 atom stereocenters. The number of benzene rings is 2. The Morgan fingerprint density at radius 1 is 1.12 bits per heavy atom. The highest BCUT2D eigenvalue weighted by molar-refractivity contribution is 6.32. The minimum absolute atomic E-state index is 0.0236. The van der Waals surface area contributed by atoms with E-state index in [2.05, 4.69) is 15.5 Å². The van der Waals surface area contributed by atoms with Gasteiger partial charge in [0.15, 0.2) is 12.4 Å². The topological polar surface area (TPSA) is 117 Å². The molecule has 2 aromatic heterocycles. The van der Waals surface area contributed by atoms with E-state index in [1.807, 2.05) is 30.5 Å². The van der Waals surface area contributed by atoms with Gasteiger partial charge >= 0.3 is 0 Å². The van der Waals surface area contributed by atoms with Crippen molar-refractivity contribution in [3.8, 4) is 5.75 Å². The largest absolute Gasteiger partial charge is 0.470 e. The third-order valence-electron chi connectivity index (χ3n) is 4.44. The molecule has 4 aromatic rings. The summed E-state index contributed by atoms with van der Waals surface area (Å²) >= 11 is 6.01. The Morgan fingerprint density at radius 3 is 2.75 bits per heavy atom. The smallest absolute Gasteiger partial charge is 0.276 e. The van der Waals surface area contributed by atoms with E-state index in [4.69, 9.17) is 16.3 Å². The average molecular weight is 453 g/mol. The number of anilines is 1. The minimum atomic E-state index is -0.541. The molecule has 2 aromatic carbocycles. The maximum Gasteiger partial charge on any atom is 0.276 e. The molecule has 32 heavy (non-hydrogen) atoms. The van der Waals surface area contributed by atoms with E-state index in [1.54, 1.807) is 29.2 Å². The maximum absolute atomic E-state index is 12.6. The van der Waals surface area contributed by atoms with E-state index in [0.717, 1.165) is 5.56 Å². The summed E-state index contributed by atoms with van der Waals surface area (Å²) in [6, 6.07) is 14.8. The predicted octanol–water partition coefficient (Wildman–Crippen LogP) is 3.98. The van der Waals surface area contributed by atoms with Crippen molar-refractivity contribution < 1.29 is 14.5 Å². The Hall–Kier alpha value is -4.18. The van der Waals surface area contributed by atoms with Crippen LogP contribution in [0.25, 0.3) is 0 Å². The number of rotatable bonds is 8. The van der Waals surface area contributed by atoms with Gasteiger partial charge in [0.25, 0.3) is 11.6 Å². The zero-order chi connectivity index (χ0) is 22.5. The lowest BCUT2D eigenvalue weighted by atomic mass is 10.2. The molecule has 1 N–H and O–H groups in total. The van der Waals surface area contributed by atoms with Gasteiger partial charge < -0.3 is 10.1 Å². The zero-order valence-electron chi connectivity index (χ0n) is 16.6. The monoisotopic (exact) mass is 452 g/mol. The Kier molecular flexibility index (Phi) is 6.13. The number of nitro groups is 1. The van der Waals surface area contributed by atoms with Gasteiger partial charge in [-0.1, -0.05) is 23.7 Å². The lowest BCUT2D eigenvalue weighted by Crippen LogP contribution is -2.14. The van der Waals surface area contributed by atoms with Crippen molar-refractivity contribution in [2.45, 2.75) is 13.3 Å². The molecule has 1 amide bonds. The molecular weight excluding hydrogens is 436 g/mol. The van der Waals surface area contributed by atoms with Crippen molar-refractivity contribution in [3.05, 3.63) is 99.6 Å². The summed E-state index contributed by atoms with van der Waals surface area (Å²) in [7, 11) is 0. The van der Waals surface area contributed by atoms with Gasteiger partial charge in [-0.15, -0.1) is 0 Å². The summed E-state index contributed by atoms with van der Waals surface area (Å²) in [5, 5.41) is 22.1. The second kappa shape index (κ2) is 9.31. The van der Waals surface area contributed by atoms with E-state index in [1.165, 1.54) is 22.9 Å². The first-order chi connectivity index (χ1) is 15.5. The number of carbonyl (C=O) groups is 1. The number of hydrogen-bond acceptors (Lipinski definition) is 6. The Bertz CT molecular complexity index is 1250. The van der Waals surface area contributed by atoms with Crippen molar-refractivity contribution in [3.63, 3.8) is 0 Å². The van der Waals surface area contributed by atoms with Gasteiger partial charge in [-0.3, -0.25) is 19.6 Å². The first kappa shape index (κ1) is 21.1. The molecule has 0 saturated heterocycles. The van der Waals surface area contributed by atoms with Gasteiger partial charge in [0.05, 0.1) is 16.5 Å². The average Bonchev–Trinajstić information content (AvgIpc) is 3.45. The van der Waals surface area contributed by atoms with E-state index in [-0.39, 0.29) is 34.8 Å². The number of ether oxygens (including phenoxy) is 1. The molecule has 0 bridgehead atoms. The molecule has 0 unspecified atom stereocenters. The number of nitrogens with zero attached hydrogens (tertiary/aromatic N) is 5. The number of carbonyl (C=O) groups excluding carboxylic acids is 1. The number of aromatic nitrogens is 4. The minimum Gasteiger partial charge on any atom is -0.470 e. The molecule has 10 nitrogen and oxygen atoms in total. The Morgan fingerprint density at radius 2 is 2.00 bits per heavy atom. The van der Waals surface area contributed by atoms with Crippen molar-refractivity contribution in [2.24, 2.45) is 0 Å². The number of amides is 1. The molecule has 4 rings (SSSR count). The maximum atomic E-state index is 12.6. The predicted molar refractivity (Wildman–Crippen MR) is 117 cm³/mol.